The third-order valence-corrected chi connectivity index (χ3v) is 3.99. The summed E-state index contributed by atoms with van der Waals surface area (Å²) in [6.45, 7) is 0. The molecule has 0 bridgehead atoms. The van der Waals surface area contributed by atoms with Crippen molar-refractivity contribution in [1.29, 1.82) is 0 Å². The second kappa shape index (κ2) is 7.19. The fourth-order valence-electron chi connectivity index (χ4n) is 1.61. The number of rotatable bonds is 5. The molecule has 0 saturated heterocycles. The highest BCUT2D eigenvalue weighted by Gasteiger charge is 2.10. The predicted molar refractivity (Wildman–Crippen MR) is 86.0 cm³/mol. The number of nitrogens with zero attached hydrogens (tertiary/aromatic N) is 1. The number of nitrogens with one attached hydrogen (secondary N) is 1. The van der Waals surface area contributed by atoms with Crippen molar-refractivity contribution >= 4 is 40.6 Å². The molecule has 2 aromatic rings. The zero-order chi connectivity index (χ0) is 15.2. The Labute approximate surface area is 131 Å². The van der Waals surface area contributed by atoms with Crippen molar-refractivity contribution in [3.05, 3.63) is 41.6 Å². The quantitative estimate of drug-likeness (QED) is 0.653. The van der Waals surface area contributed by atoms with E-state index < -0.39 is 0 Å². The van der Waals surface area contributed by atoms with Crippen LogP contribution in [-0.4, -0.2) is 23.8 Å². The molecule has 110 valence electrons. The summed E-state index contributed by atoms with van der Waals surface area (Å²) in [6, 6.07) is 8.52. The van der Waals surface area contributed by atoms with Gasteiger partial charge in [-0.25, -0.2) is 4.98 Å². The number of hydrogen-bond donors (Lipinski definition) is 2. The molecule has 3 N–H and O–H groups in total. The van der Waals surface area contributed by atoms with E-state index in [0.717, 1.165) is 0 Å². The van der Waals surface area contributed by atoms with E-state index in [9.17, 15) is 4.79 Å². The number of ether oxygens (including phenoxy) is 1. The van der Waals surface area contributed by atoms with E-state index in [1.54, 1.807) is 36.5 Å². The fourth-order valence-corrected chi connectivity index (χ4v) is 2.58. The maximum absolute atomic E-state index is 12.0. The van der Waals surface area contributed by atoms with Crippen LogP contribution in [0.4, 0.5) is 11.4 Å². The Kier molecular flexibility index (Phi) is 5.30. The van der Waals surface area contributed by atoms with E-state index in [2.05, 4.69) is 10.3 Å². The number of aromatic nitrogens is 1. The molecule has 21 heavy (non-hydrogen) atoms. The minimum absolute atomic E-state index is 0.176. The number of hydrogen-bond acceptors (Lipinski definition) is 5. The number of benzene rings is 1. The van der Waals surface area contributed by atoms with Gasteiger partial charge >= 0.3 is 0 Å². The van der Waals surface area contributed by atoms with Gasteiger partial charge in [0.05, 0.1) is 23.6 Å². The maximum Gasteiger partial charge on any atom is 0.234 e. The first-order valence-electron chi connectivity index (χ1n) is 6.07. The van der Waals surface area contributed by atoms with E-state index in [0.29, 0.717) is 27.2 Å². The van der Waals surface area contributed by atoms with Crippen LogP contribution in [0.25, 0.3) is 0 Å². The summed E-state index contributed by atoms with van der Waals surface area (Å²) in [5, 5.41) is 3.92. The first-order chi connectivity index (χ1) is 10.1. The van der Waals surface area contributed by atoms with Crippen molar-refractivity contribution in [3.8, 4) is 5.75 Å². The van der Waals surface area contributed by atoms with Gasteiger partial charge in [0.2, 0.25) is 5.91 Å². The van der Waals surface area contributed by atoms with Crippen molar-refractivity contribution in [3.63, 3.8) is 0 Å². The molecule has 0 aliphatic heterocycles. The number of carbonyl (C=O) groups is 1. The van der Waals surface area contributed by atoms with Gasteiger partial charge in [0.1, 0.15) is 10.8 Å². The Hall–Kier alpha value is -1.92. The Morgan fingerprint density at radius 1 is 1.48 bits per heavy atom. The molecule has 0 fully saturated rings. The molecule has 5 nitrogen and oxygen atoms in total. The topological polar surface area (TPSA) is 77.2 Å². The highest BCUT2D eigenvalue weighted by molar-refractivity contribution is 8.00. The standard InChI is InChI=1S/C14H14ClN3O2S/c1-20-12-7-9(16)4-5-11(12)18-13(19)8-21-14-10(15)3-2-6-17-14/h2-7H,8,16H2,1H3,(H,18,19). The lowest BCUT2D eigenvalue weighted by Gasteiger charge is -2.10. The summed E-state index contributed by atoms with van der Waals surface area (Å²) < 4.78 is 5.17. The predicted octanol–water partition coefficient (Wildman–Crippen LogP) is 3.06. The molecule has 0 saturated carbocycles. The van der Waals surface area contributed by atoms with Gasteiger partial charge in [0, 0.05) is 18.0 Å². The first-order valence-corrected chi connectivity index (χ1v) is 7.43. The van der Waals surface area contributed by atoms with Crippen LogP contribution in [0.3, 0.4) is 0 Å². The largest absolute Gasteiger partial charge is 0.494 e. The summed E-state index contributed by atoms with van der Waals surface area (Å²) in [5.74, 6) is 0.540. The maximum atomic E-state index is 12.0. The lowest BCUT2D eigenvalue weighted by atomic mass is 10.2. The van der Waals surface area contributed by atoms with Gasteiger partial charge in [-0.1, -0.05) is 23.4 Å². The Bertz CT molecular complexity index is 652. The van der Waals surface area contributed by atoms with Gasteiger partial charge in [-0.15, -0.1) is 0 Å². The Morgan fingerprint density at radius 2 is 2.29 bits per heavy atom. The molecular formula is C14H14ClN3O2S. The summed E-state index contributed by atoms with van der Waals surface area (Å²) >= 11 is 7.25. The van der Waals surface area contributed by atoms with E-state index in [-0.39, 0.29) is 11.7 Å². The summed E-state index contributed by atoms with van der Waals surface area (Å²) in [7, 11) is 1.52. The number of methoxy groups -OCH3 is 1. The molecule has 0 radical (unpaired) electrons. The summed E-state index contributed by atoms with van der Waals surface area (Å²) in [4.78, 5) is 16.1. The Morgan fingerprint density at radius 3 is 3.00 bits per heavy atom. The van der Waals surface area contributed by atoms with Gasteiger partial charge in [-0.3, -0.25) is 4.79 Å². The second-order valence-corrected chi connectivity index (χ2v) is 5.46. The number of carbonyl (C=O) groups excluding carboxylic acids is 1. The van der Waals surface area contributed by atoms with Crippen molar-refractivity contribution in [1.82, 2.24) is 4.98 Å². The number of nitrogen functional groups attached to an aromatic ring is 1. The van der Waals surface area contributed by atoms with Crippen molar-refractivity contribution in [2.45, 2.75) is 5.03 Å². The Balaban J connectivity index is 1.98. The van der Waals surface area contributed by atoms with Gasteiger partial charge < -0.3 is 15.8 Å². The van der Waals surface area contributed by atoms with Crippen LogP contribution >= 0.6 is 23.4 Å². The molecule has 1 aromatic heterocycles. The van der Waals surface area contributed by atoms with Crippen molar-refractivity contribution in [2.24, 2.45) is 0 Å². The van der Waals surface area contributed by atoms with Crippen LogP contribution in [0.15, 0.2) is 41.6 Å². The molecular weight excluding hydrogens is 310 g/mol. The average molecular weight is 324 g/mol. The highest BCUT2D eigenvalue weighted by Crippen LogP contribution is 2.28. The smallest absolute Gasteiger partial charge is 0.234 e. The van der Waals surface area contributed by atoms with E-state index in [1.807, 2.05) is 0 Å². The number of nitrogens with two attached hydrogens (primary N) is 1. The minimum atomic E-state index is -0.176. The fraction of sp³-hybridized carbons (Fsp3) is 0.143. The van der Waals surface area contributed by atoms with Crippen LogP contribution in [0.1, 0.15) is 0 Å². The molecule has 1 aromatic carbocycles. The van der Waals surface area contributed by atoms with E-state index >= 15 is 0 Å². The second-order valence-electron chi connectivity index (χ2n) is 4.09. The molecule has 0 spiro atoms. The zero-order valence-electron chi connectivity index (χ0n) is 11.3. The van der Waals surface area contributed by atoms with Crippen LogP contribution in [0.5, 0.6) is 5.75 Å². The van der Waals surface area contributed by atoms with Crippen LogP contribution in [0.2, 0.25) is 5.02 Å². The van der Waals surface area contributed by atoms with Crippen LogP contribution < -0.4 is 15.8 Å². The van der Waals surface area contributed by atoms with Gasteiger partial charge in [0.25, 0.3) is 0 Å². The third-order valence-electron chi connectivity index (χ3n) is 2.56. The lowest BCUT2D eigenvalue weighted by molar-refractivity contribution is -0.113. The molecule has 7 heteroatoms. The number of pyridine rings is 1. The molecule has 0 atom stereocenters. The van der Waals surface area contributed by atoms with Gasteiger partial charge in [-0.05, 0) is 24.3 Å². The lowest BCUT2D eigenvalue weighted by Crippen LogP contribution is -2.15. The highest BCUT2D eigenvalue weighted by atomic mass is 35.5. The van der Waals surface area contributed by atoms with E-state index in [1.165, 1.54) is 18.9 Å². The number of thioether (sulfide) groups is 1. The minimum Gasteiger partial charge on any atom is -0.494 e. The van der Waals surface area contributed by atoms with Crippen LogP contribution in [0, 0.1) is 0 Å². The van der Waals surface area contributed by atoms with Crippen molar-refractivity contribution < 1.29 is 9.53 Å². The molecule has 0 aliphatic carbocycles. The summed E-state index contributed by atoms with van der Waals surface area (Å²) in [5.41, 5.74) is 6.81. The van der Waals surface area contributed by atoms with Gasteiger partial charge in [-0.2, -0.15) is 0 Å². The normalized spacial score (nSPS) is 10.2. The molecule has 2 rings (SSSR count). The average Bonchev–Trinajstić information content (AvgIpc) is 2.48. The van der Waals surface area contributed by atoms with Gasteiger partial charge in [0.15, 0.2) is 0 Å². The third kappa shape index (κ3) is 4.27. The molecule has 0 aliphatic rings. The molecule has 1 amide bonds. The number of halogens is 1. The number of anilines is 2. The monoisotopic (exact) mass is 323 g/mol. The SMILES string of the molecule is COc1cc(N)ccc1NC(=O)CSc1ncccc1Cl. The molecule has 0 unspecified atom stereocenters. The zero-order valence-corrected chi connectivity index (χ0v) is 12.9. The molecule has 1 heterocycles. The number of amides is 1. The first kappa shape index (κ1) is 15.5. The van der Waals surface area contributed by atoms with Crippen LogP contribution in [-0.2, 0) is 4.79 Å². The van der Waals surface area contributed by atoms with Crippen molar-refractivity contribution in [2.75, 3.05) is 23.9 Å². The summed E-state index contributed by atoms with van der Waals surface area (Å²) in [6.07, 6.45) is 1.63. The van der Waals surface area contributed by atoms with E-state index in [4.69, 9.17) is 22.1 Å².